The minimum absolute atomic E-state index is 0.212. The molecule has 0 fully saturated rings. The van der Waals surface area contributed by atoms with Gasteiger partial charge in [0.15, 0.2) is 11.0 Å². The maximum atomic E-state index is 13.6. The Kier molecular flexibility index (Phi) is 7.67. The fraction of sp³-hybridized carbons (Fsp3) is 0.250. The lowest BCUT2D eigenvalue weighted by Gasteiger charge is -2.26. The topological polar surface area (TPSA) is 75.7 Å². The lowest BCUT2D eigenvalue weighted by molar-refractivity contribution is -0.152. The van der Waals surface area contributed by atoms with Crippen molar-refractivity contribution in [2.24, 2.45) is 0 Å². The van der Waals surface area contributed by atoms with E-state index in [1.54, 1.807) is 64.2 Å². The first kappa shape index (κ1) is 25.0. The number of amides is 1. The first-order valence-corrected chi connectivity index (χ1v) is 12.0. The van der Waals surface area contributed by atoms with E-state index in [1.165, 1.54) is 16.4 Å². The van der Waals surface area contributed by atoms with Crippen molar-refractivity contribution in [2.45, 2.75) is 31.3 Å². The second kappa shape index (κ2) is 10.1. The molecule has 3 rings (SSSR count). The maximum Gasteiger partial charge on any atom is 0.327 e. The molecule has 33 heavy (non-hydrogen) atoms. The summed E-state index contributed by atoms with van der Waals surface area (Å²) >= 11 is 12.2. The fourth-order valence-electron chi connectivity index (χ4n) is 3.25. The summed E-state index contributed by atoms with van der Waals surface area (Å²) in [4.78, 5) is 25.2. The van der Waals surface area contributed by atoms with Crippen molar-refractivity contribution < 1.29 is 18.5 Å². The van der Waals surface area contributed by atoms with Gasteiger partial charge in [-0.2, -0.15) is 0 Å². The number of hydrogen-bond acceptors (Lipinski definition) is 4. The molecule has 0 spiro atoms. The van der Waals surface area contributed by atoms with Gasteiger partial charge in [0, 0.05) is 22.7 Å². The number of benzene rings is 3. The zero-order chi connectivity index (χ0) is 24.3. The minimum Gasteiger partial charge on any atom is -0.459 e. The summed E-state index contributed by atoms with van der Waals surface area (Å²) in [6, 6.07) is 15.2. The van der Waals surface area contributed by atoms with E-state index < -0.39 is 22.6 Å². The van der Waals surface area contributed by atoms with E-state index in [0.717, 1.165) is 10.8 Å². The van der Waals surface area contributed by atoms with Crippen LogP contribution in [0.15, 0.2) is 59.5 Å². The first-order chi connectivity index (χ1) is 15.5. The first-order valence-electron chi connectivity index (χ1n) is 10.1. The molecule has 1 N–H and O–H groups in total. The lowest BCUT2D eigenvalue weighted by atomic mass is 10.0. The summed E-state index contributed by atoms with van der Waals surface area (Å²) in [6.07, 6.45) is 0. The molecule has 0 saturated heterocycles. The molecular formula is C24H24Cl2N2O4S. The van der Waals surface area contributed by atoms with E-state index in [-0.39, 0.29) is 12.5 Å². The predicted octanol–water partition coefficient (Wildman–Crippen LogP) is 5.38. The van der Waals surface area contributed by atoms with E-state index in [0.29, 0.717) is 26.2 Å². The number of ether oxygens (including phenoxy) is 1. The van der Waals surface area contributed by atoms with Crippen molar-refractivity contribution in [1.29, 1.82) is 0 Å². The number of carbonyl (C=O) groups excluding carboxylic acids is 2. The molecule has 1 atom stereocenters. The third-order valence-corrected chi connectivity index (χ3v) is 6.37. The van der Waals surface area contributed by atoms with Crippen LogP contribution in [0.2, 0.25) is 10.0 Å². The van der Waals surface area contributed by atoms with Crippen molar-refractivity contribution in [3.63, 3.8) is 0 Å². The van der Waals surface area contributed by atoms with Crippen molar-refractivity contribution >= 4 is 62.5 Å². The van der Waals surface area contributed by atoms with E-state index >= 15 is 0 Å². The zero-order valence-electron chi connectivity index (χ0n) is 18.6. The van der Waals surface area contributed by atoms with Crippen molar-refractivity contribution in [1.82, 2.24) is 5.32 Å². The van der Waals surface area contributed by atoms with Crippen molar-refractivity contribution in [3.8, 4) is 0 Å². The molecule has 0 aliphatic carbocycles. The molecule has 0 aromatic heterocycles. The Morgan fingerprint density at radius 2 is 1.70 bits per heavy atom. The summed E-state index contributed by atoms with van der Waals surface area (Å²) in [5.41, 5.74) is 0.329. The largest absolute Gasteiger partial charge is 0.459 e. The Balaban J connectivity index is 2.08. The molecule has 3 aromatic carbocycles. The standard InChI is InChI=1S/C24H24Cl2N2O4S/c1-24(2,3)32-22(29)14-28(33(31)19-12-16(25)11-17(26)13-19)18-8-9-20-15(10-18)6-5-7-21(20)23(30)27-4/h5-13H,14H2,1-4H3,(H,27,30). The zero-order valence-corrected chi connectivity index (χ0v) is 21.0. The van der Waals surface area contributed by atoms with Crippen LogP contribution in [0.3, 0.4) is 0 Å². The fourth-order valence-corrected chi connectivity index (χ4v) is 5.15. The molecule has 0 heterocycles. The number of hydrogen-bond donors (Lipinski definition) is 1. The normalized spacial score (nSPS) is 12.3. The van der Waals surface area contributed by atoms with Crippen LogP contribution < -0.4 is 9.62 Å². The molecule has 0 radical (unpaired) electrons. The number of carbonyl (C=O) groups is 2. The van der Waals surface area contributed by atoms with Gasteiger partial charge in [0.2, 0.25) is 0 Å². The average Bonchev–Trinajstić information content (AvgIpc) is 2.73. The van der Waals surface area contributed by atoms with E-state index in [1.807, 2.05) is 6.07 Å². The quantitative estimate of drug-likeness (QED) is 0.455. The Bertz CT molecular complexity index is 1220. The van der Waals surface area contributed by atoms with Gasteiger partial charge >= 0.3 is 5.97 Å². The lowest BCUT2D eigenvalue weighted by Crippen LogP contribution is -2.36. The van der Waals surface area contributed by atoms with Crippen LogP contribution in [0.4, 0.5) is 5.69 Å². The predicted molar refractivity (Wildman–Crippen MR) is 133 cm³/mol. The summed E-state index contributed by atoms with van der Waals surface area (Å²) < 4.78 is 20.4. The summed E-state index contributed by atoms with van der Waals surface area (Å²) in [6.45, 7) is 5.02. The molecule has 1 unspecified atom stereocenters. The minimum atomic E-state index is -1.82. The Morgan fingerprint density at radius 1 is 1.03 bits per heavy atom. The van der Waals surface area contributed by atoms with Crippen LogP contribution in [0.5, 0.6) is 0 Å². The highest BCUT2D eigenvalue weighted by atomic mass is 35.5. The molecule has 0 aliphatic rings. The van der Waals surface area contributed by atoms with Crippen LogP contribution >= 0.6 is 23.2 Å². The van der Waals surface area contributed by atoms with Gasteiger partial charge in [0.05, 0.1) is 10.6 Å². The second-order valence-corrected chi connectivity index (χ2v) is 10.6. The molecule has 6 nitrogen and oxygen atoms in total. The SMILES string of the molecule is CNC(=O)c1cccc2cc(N(CC(=O)OC(C)(C)C)S(=O)c3cc(Cl)cc(Cl)c3)ccc12. The van der Waals surface area contributed by atoms with Crippen LogP contribution in [0.1, 0.15) is 31.1 Å². The van der Waals surface area contributed by atoms with Gasteiger partial charge in [-0.25, -0.2) is 4.21 Å². The number of rotatable bonds is 6. The van der Waals surface area contributed by atoms with Crippen LogP contribution in [-0.4, -0.2) is 35.3 Å². The Labute approximate surface area is 205 Å². The molecule has 0 bridgehead atoms. The molecule has 1 amide bonds. The highest BCUT2D eigenvalue weighted by Gasteiger charge is 2.25. The highest BCUT2D eigenvalue weighted by molar-refractivity contribution is 7.86. The Hall–Kier alpha value is -2.61. The van der Waals surface area contributed by atoms with Crippen LogP contribution in [0.25, 0.3) is 10.8 Å². The number of esters is 1. The average molecular weight is 507 g/mol. The Morgan fingerprint density at radius 3 is 2.30 bits per heavy atom. The number of anilines is 1. The van der Waals surface area contributed by atoms with Gasteiger partial charge in [-0.3, -0.25) is 13.9 Å². The van der Waals surface area contributed by atoms with Gasteiger partial charge in [0.25, 0.3) is 5.91 Å². The highest BCUT2D eigenvalue weighted by Crippen LogP contribution is 2.29. The number of nitrogens with zero attached hydrogens (tertiary/aromatic N) is 1. The second-order valence-electron chi connectivity index (χ2n) is 8.27. The van der Waals surface area contributed by atoms with Gasteiger partial charge in [0.1, 0.15) is 12.1 Å². The molecule has 0 saturated carbocycles. The van der Waals surface area contributed by atoms with E-state index in [2.05, 4.69) is 5.32 Å². The van der Waals surface area contributed by atoms with Gasteiger partial charge in [-0.1, -0.05) is 41.4 Å². The smallest absolute Gasteiger partial charge is 0.327 e. The molecule has 9 heteroatoms. The third-order valence-electron chi connectivity index (χ3n) is 4.55. The molecule has 0 aliphatic heterocycles. The molecule has 174 valence electrons. The third kappa shape index (κ3) is 6.25. The number of fused-ring (bicyclic) bond motifs is 1. The van der Waals surface area contributed by atoms with Crippen molar-refractivity contribution in [2.75, 3.05) is 17.9 Å². The van der Waals surface area contributed by atoms with Crippen LogP contribution in [-0.2, 0) is 20.5 Å². The molecule has 3 aromatic rings. The monoisotopic (exact) mass is 506 g/mol. The van der Waals surface area contributed by atoms with Crippen LogP contribution in [0, 0.1) is 0 Å². The van der Waals surface area contributed by atoms with E-state index in [4.69, 9.17) is 27.9 Å². The van der Waals surface area contributed by atoms with E-state index in [9.17, 15) is 13.8 Å². The van der Waals surface area contributed by atoms with Gasteiger partial charge in [-0.05, 0) is 67.9 Å². The summed E-state index contributed by atoms with van der Waals surface area (Å²) in [7, 11) is -0.249. The number of nitrogens with one attached hydrogen (secondary N) is 1. The summed E-state index contributed by atoms with van der Waals surface area (Å²) in [5.74, 6) is -0.751. The van der Waals surface area contributed by atoms with Gasteiger partial charge < -0.3 is 10.1 Å². The summed E-state index contributed by atoms with van der Waals surface area (Å²) in [5, 5.41) is 4.77. The van der Waals surface area contributed by atoms with Crippen molar-refractivity contribution in [3.05, 3.63) is 70.2 Å². The number of halogens is 2. The molecular weight excluding hydrogens is 483 g/mol. The van der Waals surface area contributed by atoms with Gasteiger partial charge in [-0.15, -0.1) is 0 Å². The maximum absolute atomic E-state index is 13.6.